The number of hydrogen-bond acceptors (Lipinski definition) is 6. The van der Waals surface area contributed by atoms with Crippen LogP contribution in [0.15, 0.2) is 52.5 Å². The van der Waals surface area contributed by atoms with Crippen LogP contribution in [0.3, 0.4) is 0 Å². The second-order valence-corrected chi connectivity index (χ2v) is 10.9. The third kappa shape index (κ3) is 4.15. The van der Waals surface area contributed by atoms with Crippen LogP contribution in [0.2, 0.25) is 5.02 Å². The van der Waals surface area contributed by atoms with Crippen molar-refractivity contribution in [3.63, 3.8) is 0 Å². The lowest BCUT2D eigenvalue weighted by Gasteiger charge is -2.11. The first-order valence-corrected chi connectivity index (χ1v) is 12.7. The predicted octanol–water partition coefficient (Wildman–Crippen LogP) is 4.05. The van der Waals surface area contributed by atoms with Crippen molar-refractivity contribution in [3.8, 4) is 11.4 Å². The summed E-state index contributed by atoms with van der Waals surface area (Å²) in [5.74, 6) is 2.18. The number of hydrogen-bond donors (Lipinski definition) is 0. The fourth-order valence-corrected chi connectivity index (χ4v) is 5.32. The van der Waals surface area contributed by atoms with Crippen LogP contribution in [0.5, 0.6) is 0 Å². The Morgan fingerprint density at radius 2 is 1.81 bits per heavy atom. The summed E-state index contributed by atoms with van der Waals surface area (Å²) in [5.41, 5.74) is 2.50. The van der Waals surface area contributed by atoms with E-state index in [-0.39, 0.29) is 4.90 Å². The minimum absolute atomic E-state index is 0.232. The lowest BCUT2D eigenvalue weighted by atomic mass is 10.2. The Bertz CT molecular complexity index is 1380. The minimum atomic E-state index is -3.52. The summed E-state index contributed by atoms with van der Waals surface area (Å²) in [4.78, 5) is 4.96. The van der Waals surface area contributed by atoms with Gasteiger partial charge in [-0.1, -0.05) is 23.4 Å². The largest absolute Gasteiger partial charge is 0.328 e. The molecule has 0 aliphatic heterocycles. The molecule has 32 heavy (non-hydrogen) atoms. The first-order chi connectivity index (χ1) is 15.2. The van der Waals surface area contributed by atoms with Crippen LogP contribution < -0.4 is 0 Å². The zero-order valence-corrected chi connectivity index (χ0v) is 20.5. The molecule has 11 heteroatoms. The fraction of sp³-hybridized carbons (Fsp3) is 0.286. The van der Waals surface area contributed by atoms with Crippen molar-refractivity contribution in [1.29, 1.82) is 0 Å². The van der Waals surface area contributed by atoms with E-state index in [0.29, 0.717) is 16.3 Å². The molecule has 168 valence electrons. The van der Waals surface area contributed by atoms with Gasteiger partial charge >= 0.3 is 0 Å². The summed E-state index contributed by atoms with van der Waals surface area (Å²) in [5, 5.41) is 10.1. The maximum atomic E-state index is 12.5. The lowest BCUT2D eigenvalue weighted by Crippen LogP contribution is -2.22. The highest BCUT2D eigenvalue weighted by molar-refractivity contribution is 7.98. The molecule has 0 saturated heterocycles. The molecule has 0 radical (unpaired) electrons. The van der Waals surface area contributed by atoms with E-state index in [1.165, 1.54) is 30.2 Å². The Balaban J connectivity index is 1.61. The topological polar surface area (TPSA) is 85.9 Å². The molecule has 0 spiro atoms. The van der Waals surface area contributed by atoms with E-state index >= 15 is 0 Å². The molecule has 0 saturated carbocycles. The number of benzene rings is 2. The monoisotopic (exact) mass is 490 g/mol. The van der Waals surface area contributed by atoms with Crippen LogP contribution in [0.25, 0.3) is 22.4 Å². The van der Waals surface area contributed by atoms with Crippen molar-refractivity contribution < 1.29 is 8.42 Å². The highest BCUT2D eigenvalue weighted by Crippen LogP contribution is 2.28. The number of aromatic nitrogens is 5. The minimum Gasteiger partial charge on any atom is -0.328 e. The van der Waals surface area contributed by atoms with E-state index in [9.17, 15) is 8.42 Å². The molecule has 2 aromatic heterocycles. The maximum Gasteiger partial charge on any atom is 0.242 e. The van der Waals surface area contributed by atoms with E-state index in [4.69, 9.17) is 16.6 Å². The van der Waals surface area contributed by atoms with Gasteiger partial charge in [0.2, 0.25) is 10.0 Å². The molecular weight excluding hydrogens is 468 g/mol. The van der Waals surface area contributed by atoms with Crippen LogP contribution in [0.1, 0.15) is 12.7 Å². The number of thioether (sulfide) groups is 1. The number of rotatable bonds is 7. The van der Waals surface area contributed by atoms with E-state index in [0.717, 1.165) is 34.4 Å². The molecule has 2 heterocycles. The smallest absolute Gasteiger partial charge is 0.242 e. The van der Waals surface area contributed by atoms with Gasteiger partial charge in [-0.15, -0.1) is 10.2 Å². The molecule has 0 N–H and O–H groups in total. The summed E-state index contributed by atoms with van der Waals surface area (Å²) in [6, 6.07) is 12.6. The molecule has 2 aromatic carbocycles. The third-order valence-electron chi connectivity index (χ3n) is 5.16. The summed E-state index contributed by atoms with van der Waals surface area (Å²) in [7, 11) is 1.45. The zero-order chi connectivity index (χ0) is 23.0. The van der Waals surface area contributed by atoms with Crippen molar-refractivity contribution in [2.45, 2.75) is 29.3 Å². The Hall–Kier alpha value is -2.40. The number of halogens is 1. The first-order valence-electron chi connectivity index (χ1n) is 9.92. The molecule has 0 fully saturated rings. The SMILES string of the molecule is CCn1c(CSc2nnc(-c3ccc(Cl)cc3)n2C)nc2cc(S(=O)(=O)N(C)C)ccc21. The van der Waals surface area contributed by atoms with Crippen molar-refractivity contribution in [3.05, 3.63) is 53.3 Å². The van der Waals surface area contributed by atoms with E-state index in [1.807, 2.05) is 48.9 Å². The van der Waals surface area contributed by atoms with Crippen LogP contribution in [-0.4, -0.2) is 51.1 Å². The van der Waals surface area contributed by atoms with Crippen LogP contribution >= 0.6 is 23.4 Å². The zero-order valence-electron chi connectivity index (χ0n) is 18.1. The Kier molecular flexibility index (Phi) is 6.30. The van der Waals surface area contributed by atoms with Crippen molar-refractivity contribution in [2.75, 3.05) is 14.1 Å². The van der Waals surface area contributed by atoms with Crippen LogP contribution in [0, 0.1) is 0 Å². The second-order valence-electron chi connectivity index (χ2n) is 7.37. The normalized spacial score (nSPS) is 12.2. The molecule has 4 aromatic rings. The number of nitrogens with zero attached hydrogens (tertiary/aromatic N) is 6. The quantitative estimate of drug-likeness (QED) is 0.363. The first kappa shape index (κ1) is 22.8. The Morgan fingerprint density at radius 1 is 1.09 bits per heavy atom. The van der Waals surface area contributed by atoms with Gasteiger partial charge in [0.1, 0.15) is 5.82 Å². The van der Waals surface area contributed by atoms with Gasteiger partial charge in [-0.05, 0) is 49.4 Å². The van der Waals surface area contributed by atoms with Crippen molar-refractivity contribution in [2.24, 2.45) is 7.05 Å². The molecule has 0 amide bonds. The summed E-state index contributed by atoms with van der Waals surface area (Å²) < 4.78 is 30.2. The number of aryl methyl sites for hydroxylation is 1. The maximum absolute atomic E-state index is 12.5. The number of fused-ring (bicyclic) bond motifs is 1. The van der Waals surface area contributed by atoms with E-state index in [2.05, 4.69) is 14.8 Å². The molecule has 0 aliphatic rings. The van der Waals surface area contributed by atoms with Crippen LogP contribution in [0.4, 0.5) is 0 Å². The predicted molar refractivity (Wildman–Crippen MR) is 127 cm³/mol. The second kappa shape index (κ2) is 8.86. The van der Waals surface area contributed by atoms with Gasteiger partial charge in [0.05, 0.1) is 21.7 Å². The van der Waals surface area contributed by atoms with E-state index < -0.39 is 10.0 Å². The summed E-state index contributed by atoms with van der Waals surface area (Å²) in [6.07, 6.45) is 0. The standard InChI is InChI=1S/C21H23ClN6O2S2/c1-5-28-18-11-10-16(32(29,30)26(2)3)12-17(18)23-19(28)13-31-21-25-24-20(27(21)4)14-6-8-15(22)9-7-14/h6-12H,5,13H2,1-4H3. The summed E-state index contributed by atoms with van der Waals surface area (Å²) >= 11 is 7.51. The van der Waals surface area contributed by atoms with Gasteiger partial charge < -0.3 is 9.13 Å². The Labute approximate surface area is 196 Å². The lowest BCUT2D eigenvalue weighted by molar-refractivity contribution is 0.521. The van der Waals surface area contributed by atoms with Gasteiger partial charge in [-0.3, -0.25) is 0 Å². The average Bonchev–Trinajstić information content (AvgIpc) is 3.31. The molecule has 0 atom stereocenters. The average molecular weight is 491 g/mol. The molecule has 8 nitrogen and oxygen atoms in total. The van der Waals surface area contributed by atoms with Gasteiger partial charge in [0.15, 0.2) is 11.0 Å². The highest BCUT2D eigenvalue weighted by atomic mass is 35.5. The molecule has 4 rings (SSSR count). The molecular formula is C21H23ClN6O2S2. The van der Waals surface area contributed by atoms with Gasteiger partial charge in [-0.2, -0.15) is 0 Å². The molecule has 0 unspecified atom stereocenters. The van der Waals surface area contributed by atoms with Gasteiger partial charge in [0, 0.05) is 38.3 Å². The highest BCUT2D eigenvalue weighted by Gasteiger charge is 2.20. The van der Waals surface area contributed by atoms with E-state index in [1.54, 1.807) is 12.1 Å². The number of sulfonamides is 1. The fourth-order valence-electron chi connectivity index (χ4n) is 3.41. The van der Waals surface area contributed by atoms with Gasteiger partial charge in [-0.25, -0.2) is 17.7 Å². The van der Waals surface area contributed by atoms with Crippen molar-refractivity contribution in [1.82, 2.24) is 28.6 Å². The van der Waals surface area contributed by atoms with Gasteiger partial charge in [0.25, 0.3) is 0 Å². The summed E-state index contributed by atoms with van der Waals surface area (Å²) in [6.45, 7) is 2.77. The third-order valence-corrected chi connectivity index (χ3v) is 8.24. The van der Waals surface area contributed by atoms with Crippen molar-refractivity contribution >= 4 is 44.4 Å². The van der Waals surface area contributed by atoms with Crippen LogP contribution in [-0.2, 0) is 29.4 Å². The molecule has 0 bridgehead atoms. The number of imidazole rings is 1. The molecule has 0 aliphatic carbocycles. The Morgan fingerprint density at radius 3 is 2.47 bits per heavy atom.